The Bertz CT molecular complexity index is 1340. The van der Waals surface area contributed by atoms with Crippen molar-refractivity contribution in [3.05, 3.63) is 81.6 Å². The largest absolute Gasteiger partial charge is 0.493 e. The van der Waals surface area contributed by atoms with Crippen molar-refractivity contribution in [2.24, 2.45) is 0 Å². The zero-order valence-electron chi connectivity index (χ0n) is 19.9. The molecule has 0 saturated heterocycles. The molecule has 9 nitrogen and oxygen atoms in total. The minimum atomic E-state index is -1.25. The predicted molar refractivity (Wildman–Crippen MR) is 129 cm³/mol. The maximum absolute atomic E-state index is 12.8. The highest BCUT2D eigenvalue weighted by molar-refractivity contribution is 5.90. The van der Waals surface area contributed by atoms with Gasteiger partial charge in [0, 0.05) is 17.8 Å². The van der Waals surface area contributed by atoms with Crippen LogP contribution in [0.4, 0.5) is 4.79 Å². The molecular weight excluding hydrogens is 452 g/mol. The van der Waals surface area contributed by atoms with Gasteiger partial charge in [-0.15, -0.1) is 0 Å². The third-order valence-corrected chi connectivity index (χ3v) is 5.35. The Kier molecular flexibility index (Phi) is 6.26. The summed E-state index contributed by atoms with van der Waals surface area (Å²) in [5.74, 6) is 0.0523. The van der Waals surface area contributed by atoms with E-state index in [0.717, 1.165) is 10.6 Å². The van der Waals surface area contributed by atoms with Gasteiger partial charge in [0.25, 0.3) is 0 Å². The number of amides is 1. The Morgan fingerprint density at radius 3 is 2.40 bits per heavy atom. The number of hydrogen-bond donors (Lipinski definition) is 1. The van der Waals surface area contributed by atoms with Gasteiger partial charge < -0.3 is 19.3 Å². The first kappa shape index (κ1) is 23.9. The number of benzene rings is 2. The molecule has 0 bridgehead atoms. The molecule has 0 fully saturated rings. The van der Waals surface area contributed by atoms with Crippen molar-refractivity contribution >= 4 is 12.1 Å². The molecule has 0 atom stereocenters. The average Bonchev–Trinajstić information content (AvgIpc) is 2.80. The summed E-state index contributed by atoms with van der Waals surface area (Å²) < 4.78 is 18.1. The molecule has 0 radical (unpaired) electrons. The number of methoxy groups -OCH3 is 1. The molecule has 2 aromatic carbocycles. The Hall–Kier alpha value is -4.27. The van der Waals surface area contributed by atoms with Gasteiger partial charge in [0.2, 0.25) is 0 Å². The van der Waals surface area contributed by atoms with Gasteiger partial charge in [0.15, 0.2) is 16.9 Å². The molecule has 4 rings (SSSR count). The van der Waals surface area contributed by atoms with Crippen LogP contribution >= 0.6 is 0 Å². The van der Waals surface area contributed by atoms with Crippen LogP contribution in [0.5, 0.6) is 11.5 Å². The topological polar surface area (TPSA) is 107 Å². The number of fused-ring (bicyclic) bond motifs is 3. The summed E-state index contributed by atoms with van der Waals surface area (Å²) in [5, 5.41) is 10.9. The van der Waals surface area contributed by atoms with Crippen molar-refractivity contribution in [1.82, 2.24) is 4.68 Å². The number of esters is 1. The van der Waals surface area contributed by atoms with Crippen LogP contribution in [0.1, 0.15) is 42.3 Å². The first-order valence-corrected chi connectivity index (χ1v) is 11.0. The summed E-state index contributed by atoms with van der Waals surface area (Å²) in [6.45, 7) is 5.33. The smallest absolute Gasteiger partial charge is 0.426 e. The number of carbonyl (C=O) groups excluding carboxylic acids is 1. The fraction of sp³-hybridized carbons (Fsp3) is 0.269. The molecule has 1 aliphatic heterocycles. The van der Waals surface area contributed by atoms with Crippen molar-refractivity contribution in [2.45, 2.75) is 39.5 Å². The first-order chi connectivity index (χ1) is 16.6. The number of rotatable bonds is 5. The normalized spacial score (nSPS) is 12.4. The van der Waals surface area contributed by atoms with Crippen LogP contribution in [-0.2, 0) is 17.9 Å². The van der Waals surface area contributed by atoms with E-state index in [1.54, 1.807) is 32.9 Å². The number of hydrogen-bond acceptors (Lipinski definition) is 6. The van der Waals surface area contributed by atoms with Crippen LogP contribution in [-0.4, -0.2) is 34.6 Å². The van der Waals surface area contributed by atoms with Crippen molar-refractivity contribution in [2.75, 3.05) is 12.1 Å². The van der Waals surface area contributed by atoms with E-state index in [2.05, 4.69) is 0 Å². The number of carboxylic acid groups (broad SMARTS) is 1. The first-order valence-electron chi connectivity index (χ1n) is 11.0. The van der Waals surface area contributed by atoms with Crippen LogP contribution in [0.25, 0.3) is 11.3 Å². The maximum atomic E-state index is 12.8. The van der Waals surface area contributed by atoms with Gasteiger partial charge in [0.1, 0.15) is 17.8 Å². The van der Waals surface area contributed by atoms with E-state index in [0.29, 0.717) is 34.9 Å². The van der Waals surface area contributed by atoms with Crippen molar-refractivity contribution in [1.29, 1.82) is 0 Å². The van der Waals surface area contributed by atoms with Gasteiger partial charge in [-0.1, -0.05) is 30.3 Å². The minimum absolute atomic E-state index is 0.0278. The molecule has 1 aromatic heterocycles. The van der Waals surface area contributed by atoms with Crippen molar-refractivity contribution in [3.8, 4) is 22.8 Å². The second kappa shape index (κ2) is 9.17. The highest BCUT2D eigenvalue weighted by atomic mass is 16.6. The summed E-state index contributed by atoms with van der Waals surface area (Å²) >= 11 is 0. The van der Waals surface area contributed by atoms with E-state index < -0.39 is 23.1 Å². The Balaban J connectivity index is 1.78. The number of carbonyl (C=O) groups is 2. The summed E-state index contributed by atoms with van der Waals surface area (Å²) in [6.07, 6.45) is -0.0481. The van der Waals surface area contributed by atoms with Gasteiger partial charge in [0.05, 0.1) is 19.3 Å². The molecule has 0 aliphatic carbocycles. The Morgan fingerprint density at radius 2 is 1.77 bits per heavy atom. The number of aromatic nitrogens is 1. The Labute approximate surface area is 202 Å². The molecule has 1 amide bonds. The lowest BCUT2D eigenvalue weighted by Gasteiger charge is -2.32. The molecule has 35 heavy (non-hydrogen) atoms. The summed E-state index contributed by atoms with van der Waals surface area (Å²) in [6, 6.07) is 14.2. The molecule has 2 heterocycles. The van der Waals surface area contributed by atoms with E-state index in [1.165, 1.54) is 24.0 Å². The summed E-state index contributed by atoms with van der Waals surface area (Å²) in [4.78, 5) is 37.5. The lowest BCUT2D eigenvalue weighted by atomic mass is 9.99. The highest BCUT2D eigenvalue weighted by Gasteiger charge is 2.30. The van der Waals surface area contributed by atoms with Gasteiger partial charge in [-0.2, -0.15) is 0 Å². The van der Waals surface area contributed by atoms with Gasteiger partial charge >= 0.3 is 12.1 Å². The van der Waals surface area contributed by atoms with Gasteiger partial charge in [-0.25, -0.2) is 14.6 Å². The summed E-state index contributed by atoms with van der Waals surface area (Å²) in [7, 11) is 1.50. The quantitative estimate of drug-likeness (QED) is 0.548. The van der Waals surface area contributed by atoms with Crippen molar-refractivity contribution < 1.29 is 28.9 Å². The molecule has 1 N–H and O–H groups in total. The van der Waals surface area contributed by atoms with Crippen LogP contribution in [0, 0.1) is 0 Å². The van der Waals surface area contributed by atoms with E-state index in [1.807, 2.05) is 30.3 Å². The highest BCUT2D eigenvalue weighted by Crippen LogP contribution is 2.39. The van der Waals surface area contributed by atoms with Crippen LogP contribution in [0.3, 0.4) is 0 Å². The van der Waals surface area contributed by atoms with Crippen LogP contribution in [0.2, 0.25) is 0 Å². The molecule has 182 valence electrons. The third kappa shape index (κ3) is 4.98. The fourth-order valence-corrected chi connectivity index (χ4v) is 3.79. The summed E-state index contributed by atoms with van der Waals surface area (Å²) in [5.41, 5.74) is 0.845. The van der Waals surface area contributed by atoms with Gasteiger partial charge in [-0.3, -0.25) is 9.47 Å². The molecule has 1 aliphatic rings. The van der Waals surface area contributed by atoms with E-state index in [-0.39, 0.29) is 12.1 Å². The SMILES string of the molecule is COc1cc2c(cc1OCc1ccccc1)CN(C(=O)O)n1cc(C(=O)OC(C)(C)C)c(=O)cc1-2. The van der Waals surface area contributed by atoms with E-state index in [4.69, 9.17) is 14.2 Å². The van der Waals surface area contributed by atoms with E-state index >= 15 is 0 Å². The molecule has 9 heteroatoms. The van der Waals surface area contributed by atoms with Crippen LogP contribution in [0.15, 0.2) is 59.5 Å². The third-order valence-electron chi connectivity index (χ3n) is 5.35. The number of ether oxygens (including phenoxy) is 3. The number of nitrogens with zero attached hydrogens (tertiary/aromatic N) is 2. The molecule has 3 aromatic rings. The molecule has 0 spiro atoms. The second-order valence-electron chi connectivity index (χ2n) is 9.06. The number of pyridine rings is 1. The zero-order chi connectivity index (χ0) is 25.3. The Morgan fingerprint density at radius 1 is 1.06 bits per heavy atom. The molecular formula is C26H26N2O7. The fourth-order valence-electron chi connectivity index (χ4n) is 3.79. The average molecular weight is 479 g/mol. The second-order valence-corrected chi connectivity index (χ2v) is 9.06. The lowest BCUT2D eigenvalue weighted by molar-refractivity contribution is 0.00669. The lowest BCUT2D eigenvalue weighted by Crippen LogP contribution is -2.43. The monoisotopic (exact) mass is 478 g/mol. The van der Waals surface area contributed by atoms with Crippen molar-refractivity contribution in [3.63, 3.8) is 0 Å². The predicted octanol–water partition coefficient (Wildman–Crippen LogP) is 4.19. The molecule has 0 unspecified atom stereocenters. The van der Waals surface area contributed by atoms with E-state index in [9.17, 15) is 19.5 Å². The molecule has 0 saturated carbocycles. The van der Waals surface area contributed by atoms with Crippen LogP contribution < -0.4 is 19.9 Å². The minimum Gasteiger partial charge on any atom is -0.493 e. The standard InChI is InChI=1S/C26H26N2O7/c1-26(2,3)35-24(30)19-14-27-20(12-21(19)29)18-11-22(33-4)23(10-17(18)13-28(27)25(31)32)34-15-16-8-6-5-7-9-16/h5-12,14H,13,15H2,1-4H3,(H,31,32). The van der Waals surface area contributed by atoms with Gasteiger partial charge in [-0.05, 0) is 44.0 Å². The maximum Gasteiger partial charge on any atom is 0.426 e. The zero-order valence-corrected chi connectivity index (χ0v) is 19.9.